The summed E-state index contributed by atoms with van der Waals surface area (Å²) in [7, 11) is 0. The van der Waals surface area contributed by atoms with Gasteiger partial charge in [-0.1, -0.05) is 17.7 Å². The van der Waals surface area contributed by atoms with Crippen molar-refractivity contribution >= 4 is 17.3 Å². The highest BCUT2D eigenvalue weighted by Crippen LogP contribution is 2.24. The standard InChI is InChI=1S/C18H16ClN5/c1-13(22-16-3-2-7-21-11-16)12-24-8-6-18(23-24)14-4-5-15(10-20)17(19)9-14/h2-9,11,13,22H,12H2,1H3/t13-/m0/s1. The van der Waals surface area contributed by atoms with Crippen molar-refractivity contribution in [2.24, 2.45) is 0 Å². The third kappa shape index (κ3) is 3.73. The summed E-state index contributed by atoms with van der Waals surface area (Å²) in [5.41, 5.74) is 3.17. The molecular weight excluding hydrogens is 322 g/mol. The summed E-state index contributed by atoms with van der Waals surface area (Å²) in [6.45, 7) is 2.81. The predicted octanol–water partition coefficient (Wildman–Crippen LogP) is 3.97. The van der Waals surface area contributed by atoms with Gasteiger partial charge in [-0.2, -0.15) is 10.4 Å². The molecule has 0 amide bonds. The van der Waals surface area contributed by atoms with Gasteiger partial charge < -0.3 is 5.32 Å². The highest BCUT2D eigenvalue weighted by molar-refractivity contribution is 6.32. The van der Waals surface area contributed by atoms with Gasteiger partial charge in [0.15, 0.2) is 0 Å². The molecule has 120 valence electrons. The van der Waals surface area contributed by atoms with Crippen molar-refractivity contribution in [2.45, 2.75) is 19.5 Å². The van der Waals surface area contributed by atoms with Crippen molar-refractivity contribution in [3.63, 3.8) is 0 Å². The van der Waals surface area contributed by atoms with E-state index in [4.69, 9.17) is 16.9 Å². The molecule has 24 heavy (non-hydrogen) atoms. The topological polar surface area (TPSA) is 66.5 Å². The van der Waals surface area contributed by atoms with Crippen molar-refractivity contribution in [3.05, 3.63) is 65.6 Å². The molecule has 2 aromatic heterocycles. The molecule has 0 aliphatic heterocycles. The highest BCUT2D eigenvalue weighted by Gasteiger charge is 2.08. The van der Waals surface area contributed by atoms with Crippen molar-refractivity contribution < 1.29 is 0 Å². The quantitative estimate of drug-likeness (QED) is 0.765. The maximum absolute atomic E-state index is 8.94. The number of anilines is 1. The molecule has 0 unspecified atom stereocenters. The molecule has 0 saturated carbocycles. The number of benzene rings is 1. The Hall–Kier alpha value is -2.84. The number of hydrogen-bond donors (Lipinski definition) is 1. The maximum atomic E-state index is 8.94. The summed E-state index contributed by atoms with van der Waals surface area (Å²) in [6, 6.07) is 13.4. The molecule has 1 atom stereocenters. The van der Waals surface area contributed by atoms with Crippen LogP contribution in [0.25, 0.3) is 11.3 Å². The number of aromatic nitrogens is 3. The first-order valence-corrected chi connectivity index (χ1v) is 7.93. The summed E-state index contributed by atoms with van der Waals surface area (Å²) < 4.78 is 1.88. The second-order valence-electron chi connectivity index (χ2n) is 5.52. The molecule has 0 radical (unpaired) electrons. The van der Waals surface area contributed by atoms with Gasteiger partial charge in [0, 0.05) is 30.2 Å². The number of pyridine rings is 1. The van der Waals surface area contributed by atoms with Crippen molar-refractivity contribution in [2.75, 3.05) is 5.32 Å². The molecule has 0 saturated heterocycles. The van der Waals surface area contributed by atoms with E-state index in [1.807, 2.05) is 35.1 Å². The second-order valence-corrected chi connectivity index (χ2v) is 5.92. The van der Waals surface area contributed by atoms with Gasteiger partial charge >= 0.3 is 0 Å². The van der Waals surface area contributed by atoms with Gasteiger partial charge in [0.2, 0.25) is 0 Å². The van der Waals surface area contributed by atoms with Crippen LogP contribution in [0.1, 0.15) is 12.5 Å². The Balaban J connectivity index is 1.69. The Bertz CT molecular complexity index is 867. The zero-order chi connectivity index (χ0) is 16.9. The largest absolute Gasteiger partial charge is 0.379 e. The number of halogens is 1. The highest BCUT2D eigenvalue weighted by atomic mass is 35.5. The van der Waals surface area contributed by atoms with E-state index >= 15 is 0 Å². The molecule has 3 aromatic rings. The average molecular weight is 338 g/mol. The van der Waals surface area contributed by atoms with E-state index in [0.717, 1.165) is 23.5 Å². The fourth-order valence-corrected chi connectivity index (χ4v) is 2.66. The number of hydrogen-bond acceptors (Lipinski definition) is 4. The first-order valence-electron chi connectivity index (χ1n) is 7.56. The predicted molar refractivity (Wildman–Crippen MR) is 94.7 cm³/mol. The number of nitrogens with zero attached hydrogens (tertiary/aromatic N) is 4. The van der Waals surface area contributed by atoms with Gasteiger partial charge in [0.25, 0.3) is 0 Å². The van der Waals surface area contributed by atoms with Gasteiger partial charge in [0.05, 0.1) is 28.5 Å². The van der Waals surface area contributed by atoms with E-state index in [0.29, 0.717) is 10.6 Å². The normalized spacial score (nSPS) is 11.7. The summed E-state index contributed by atoms with van der Waals surface area (Å²) in [4.78, 5) is 4.09. The van der Waals surface area contributed by atoms with Crippen molar-refractivity contribution in [1.29, 1.82) is 5.26 Å². The van der Waals surface area contributed by atoms with E-state index in [-0.39, 0.29) is 6.04 Å². The second kappa shape index (κ2) is 7.16. The molecule has 5 nitrogen and oxygen atoms in total. The summed E-state index contributed by atoms with van der Waals surface area (Å²) in [5.74, 6) is 0. The molecule has 0 fully saturated rings. The fraction of sp³-hybridized carbons (Fsp3) is 0.167. The van der Waals surface area contributed by atoms with Crippen LogP contribution in [0.15, 0.2) is 55.0 Å². The molecule has 0 aliphatic carbocycles. The van der Waals surface area contributed by atoms with Gasteiger partial charge in [-0.05, 0) is 37.3 Å². The molecule has 0 aliphatic rings. The van der Waals surface area contributed by atoms with Crippen LogP contribution in [0.4, 0.5) is 5.69 Å². The van der Waals surface area contributed by atoms with Crippen LogP contribution in [0, 0.1) is 11.3 Å². The van der Waals surface area contributed by atoms with Gasteiger partial charge in [-0.15, -0.1) is 0 Å². The summed E-state index contributed by atoms with van der Waals surface area (Å²) >= 11 is 6.09. The van der Waals surface area contributed by atoms with E-state index in [1.165, 1.54) is 0 Å². The van der Waals surface area contributed by atoms with Crippen LogP contribution in [0.3, 0.4) is 0 Å². The van der Waals surface area contributed by atoms with Crippen LogP contribution in [-0.2, 0) is 6.54 Å². The minimum atomic E-state index is 0.200. The van der Waals surface area contributed by atoms with Gasteiger partial charge in [-0.25, -0.2) is 0 Å². The van der Waals surface area contributed by atoms with Gasteiger partial charge in [0.1, 0.15) is 6.07 Å². The third-order valence-corrected chi connectivity index (χ3v) is 3.87. The number of rotatable bonds is 5. The van der Waals surface area contributed by atoms with Crippen LogP contribution in [0.2, 0.25) is 5.02 Å². The first-order chi connectivity index (χ1) is 11.7. The van der Waals surface area contributed by atoms with Crippen LogP contribution < -0.4 is 5.32 Å². The minimum Gasteiger partial charge on any atom is -0.379 e. The molecule has 1 aromatic carbocycles. The van der Waals surface area contributed by atoms with E-state index < -0.39 is 0 Å². The summed E-state index contributed by atoms with van der Waals surface area (Å²) in [6.07, 6.45) is 5.48. The van der Waals surface area contributed by atoms with Crippen LogP contribution >= 0.6 is 11.6 Å². The smallest absolute Gasteiger partial charge is 0.101 e. The minimum absolute atomic E-state index is 0.200. The van der Waals surface area contributed by atoms with Crippen LogP contribution in [-0.4, -0.2) is 20.8 Å². The lowest BCUT2D eigenvalue weighted by atomic mass is 10.1. The first kappa shape index (κ1) is 16.0. The van der Waals surface area contributed by atoms with Crippen molar-refractivity contribution in [1.82, 2.24) is 14.8 Å². The Morgan fingerprint density at radius 2 is 2.21 bits per heavy atom. The maximum Gasteiger partial charge on any atom is 0.101 e. The van der Waals surface area contributed by atoms with E-state index in [1.54, 1.807) is 24.5 Å². The Morgan fingerprint density at radius 1 is 1.33 bits per heavy atom. The Labute approximate surface area is 145 Å². The molecular formula is C18H16ClN5. The molecule has 6 heteroatoms. The van der Waals surface area contributed by atoms with Crippen molar-refractivity contribution in [3.8, 4) is 17.3 Å². The molecule has 0 bridgehead atoms. The monoisotopic (exact) mass is 337 g/mol. The number of nitrogens with one attached hydrogen (secondary N) is 1. The zero-order valence-electron chi connectivity index (χ0n) is 13.1. The zero-order valence-corrected chi connectivity index (χ0v) is 13.9. The molecule has 3 rings (SSSR count). The lowest BCUT2D eigenvalue weighted by Gasteiger charge is -2.14. The molecule has 2 heterocycles. The average Bonchev–Trinajstić information content (AvgIpc) is 3.04. The Morgan fingerprint density at radius 3 is 2.92 bits per heavy atom. The number of nitriles is 1. The lowest BCUT2D eigenvalue weighted by molar-refractivity contribution is 0.562. The third-order valence-electron chi connectivity index (χ3n) is 3.56. The SMILES string of the molecule is C[C@@H](Cn1ccc(-c2ccc(C#N)c(Cl)c2)n1)Nc1cccnc1. The Kier molecular flexibility index (Phi) is 4.78. The fourth-order valence-electron chi connectivity index (χ4n) is 2.44. The lowest BCUT2D eigenvalue weighted by Crippen LogP contribution is -2.22. The van der Waals surface area contributed by atoms with E-state index in [9.17, 15) is 0 Å². The van der Waals surface area contributed by atoms with Gasteiger partial charge in [-0.3, -0.25) is 9.67 Å². The summed E-state index contributed by atoms with van der Waals surface area (Å²) in [5, 5.41) is 17.3. The molecule has 1 N–H and O–H groups in total. The van der Waals surface area contributed by atoms with Crippen LogP contribution in [0.5, 0.6) is 0 Å². The molecule has 0 spiro atoms. The van der Waals surface area contributed by atoms with E-state index in [2.05, 4.69) is 28.4 Å².